The molecule has 0 aromatic heterocycles. The molecule has 3 rings (SSSR count). The first-order chi connectivity index (χ1) is 10.5. The third-order valence-electron chi connectivity index (χ3n) is 3.44. The van der Waals surface area contributed by atoms with Crippen LogP contribution in [0.4, 0.5) is 0 Å². The topological polar surface area (TPSA) is 37.4 Å². The molecule has 0 bridgehead atoms. The Bertz CT molecular complexity index is 780. The highest BCUT2D eigenvalue weighted by atomic mass is 127. The number of hydrogen-bond acceptors (Lipinski definition) is 3. The lowest BCUT2D eigenvalue weighted by atomic mass is 10.2. The maximum absolute atomic E-state index is 12.9. The highest BCUT2D eigenvalue weighted by molar-refractivity contribution is 14.1. The van der Waals surface area contributed by atoms with Crippen molar-refractivity contribution >= 4 is 56.0 Å². The molecule has 0 N–H and O–H groups in total. The second-order valence-corrected chi connectivity index (χ2v) is 9.55. The first-order valence-corrected chi connectivity index (χ1v) is 10.6. The van der Waals surface area contributed by atoms with E-state index in [1.807, 2.05) is 18.2 Å². The lowest BCUT2D eigenvalue weighted by Crippen LogP contribution is -2.30. The molecule has 22 heavy (non-hydrogen) atoms. The minimum Gasteiger partial charge on any atom is -0.207 e. The van der Waals surface area contributed by atoms with Crippen molar-refractivity contribution in [3.05, 3.63) is 62.7 Å². The van der Waals surface area contributed by atoms with Gasteiger partial charge in [0.2, 0.25) is 10.0 Å². The summed E-state index contributed by atoms with van der Waals surface area (Å²) in [6, 6.07) is 14.3. The van der Waals surface area contributed by atoms with Gasteiger partial charge in [-0.3, -0.25) is 0 Å². The predicted octanol–water partition coefficient (Wildman–Crippen LogP) is 4.38. The molecule has 0 unspecified atom stereocenters. The quantitative estimate of drug-likeness (QED) is 0.631. The molecule has 2 aromatic carbocycles. The maximum atomic E-state index is 12.9. The molecule has 0 saturated carbocycles. The molecule has 1 aliphatic rings. The molecule has 3 nitrogen and oxygen atoms in total. The summed E-state index contributed by atoms with van der Waals surface area (Å²) in [5.74, 6) is 0.763. The Morgan fingerprint density at radius 3 is 2.50 bits per heavy atom. The first-order valence-electron chi connectivity index (χ1n) is 6.63. The van der Waals surface area contributed by atoms with E-state index in [0.29, 0.717) is 16.5 Å². The van der Waals surface area contributed by atoms with Crippen LogP contribution in [0.3, 0.4) is 0 Å². The summed E-state index contributed by atoms with van der Waals surface area (Å²) in [7, 11) is -3.52. The van der Waals surface area contributed by atoms with E-state index in [1.165, 1.54) is 0 Å². The molecule has 2 aromatic rings. The van der Waals surface area contributed by atoms with Crippen LogP contribution in [-0.2, 0) is 10.0 Å². The van der Waals surface area contributed by atoms with Crippen LogP contribution >= 0.6 is 46.0 Å². The number of sulfonamides is 1. The maximum Gasteiger partial charge on any atom is 0.244 e. The Morgan fingerprint density at radius 1 is 1.14 bits per heavy atom. The van der Waals surface area contributed by atoms with Gasteiger partial charge in [-0.25, -0.2) is 8.42 Å². The highest BCUT2D eigenvalue weighted by Gasteiger charge is 2.37. The lowest BCUT2D eigenvalue weighted by Gasteiger charge is -2.24. The van der Waals surface area contributed by atoms with Gasteiger partial charge in [0.25, 0.3) is 0 Å². The van der Waals surface area contributed by atoms with Gasteiger partial charge in [0.1, 0.15) is 0 Å². The molecular formula is C15H13ClINO2S2. The SMILES string of the molecule is O=S(=O)(c1ccc(I)cc1)N1CCS[C@H]1c1ccccc1Cl. The van der Waals surface area contributed by atoms with Crippen LogP contribution in [0.25, 0.3) is 0 Å². The third kappa shape index (κ3) is 3.17. The van der Waals surface area contributed by atoms with Crippen molar-refractivity contribution in [1.82, 2.24) is 4.31 Å². The molecule has 7 heteroatoms. The zero-order chi connectivity index (χ0) is 15.7. The number of rotatable bonds is 3. The van der Waals surface area contributed by atoms with Crippen molar-refractivity contribution < 1.29 is 8.42 Å². The van der Waals surface area contributed by atoms with Crippen molar-refractivity contribution in [3.8, 4) is 0 Å². The summed E-state index contributed by atoms with van der Waals surface area (Å²) in [6.07, 6.45) is 0. The second-order valence-electron chi connectivity index (χ2n) is 4.81. The van der Waals surface area contributed by atoms with Gasteiger partial charge in [0, 0.05) is 20.9 Å². The fraction of sp³-hybridized carbons (Fsp3) is 0.200. The molecule has 116 valence electrons. The molecule has 1 aliphatic heterocycles. The molecule has 1 heterocycles. The summed E-state index contributed by atoms with van der Waals surface area (Å²) in [5, 5.41) is 0.336. The monoisotopic (exact) mass is 465 g/mol. The average Bonchev–Trinajstić information content (AvgIpc) is 2.98. The standard InChI is InChI=1S/C15H13ClINO2S2/c16-14-4-2-1-3-13(14)15-18(9-10-21-15)22(19,20)12-7-5-11(17)6-8-12/h1-8,15H,9-10H2/t15-/m0/s1. The molecule has 0 radical (unpaired) electrons. The normalized spacial score (nSPS) is 19.5. The minimum atomic E-state index is -3.52. The summed E-state index contributed by atoms with van der Waals surface area (Å²) in [6.45, 7) is 0.495. The van der Waals surface area contributed by atoms with Crippen LogP contribution in [0.1, 0.15) is 10.9 Å². The Hall–Kier alpha value is -0.280. The van der Waals surface area contributed by atoms with Gasteiger partial charge in [-0.05, 0) is 58.5 Å². The zero-order valence-corrected chi connectivity index (χ0v) is 16.0. The number of thioether (sulfide) groups is 1. The van der Waals surface area contributed by atoms with Crippen molar-refractivity contribution in [2.75, 3.05) is 12.3 Å². The Kier molecular flexibility index (Phi) is 5.04. The zero-order valence-electron chi connectivity index (χ0n) is 11.4. The van der Waals surface area contributed by atoms with Crippen LogP contribution in [0.15, 0.2) is 53.4 Å². The van der Waals surface area contributed by atoms with E-state index in [4.69, 9.17) is 11.6 Å². The summed E-state index contributed by atoms with van der Waals surface area (Å²) < 4.78 is 28.4. The van der Waals surface area contributed by atoms with Crippen LogP contribution in [-0.4, -0.2) is 25.0 Å². The van der Waals surface area contributed by atoms with Gasteiger partial charge in [-0.15, -0.1) is 11.8 Å². The Balaban J connectivity index is 1.99. The van der Waals surface area contributed by atoms with Crippen molar-refractivity contribution in [3.63, 3.8) is 0 Å². The third-order valence-corrected chi connectivity index (χ3v) is 7.76. The molecule has 0 amide bonds. The van der Waals surface area contributed by atoms with E-state index < -0.39 is 10.0 Å². The van der Waals surface area contributed by atoms with Gasteiger partial charge in [0.15, 0.2) is 0 Å². The van der Waals surface area contributed by atoms with E-state index in [9.17, 15) is 8.42 Å². The number of halogens is 2. The summed E-state index contributed by atoms with van der Waals surface area (Å²) >= 11 is 10.0. The first kappa shape index (κ1) is 16.6. The lowest BCUT2D eigenvalue weighted by molar-refractivity contribution is 0.434. The number of nitrogens with zero attached hydrogens (tertiary/aromatic N) is 1. The molecule has 0 spiro atoms. The summed E-state index contributed by atoms with van der Waals surface area (Å²) in [4.78, 5) is 0.326. The number of hydrogen-bond donors (Lipinski definition) is 0. The molecule has 1 fully saturated rings. The van der Waals surface area contributed by atoms with Gasteiger partial charge in [0.05, 0.1) is 10.3 Å². The minimum absolute atomic E-state index is 0.266. The van der Waals surface area contributed by atoms with Crippen molar-refractivity contribution in [2.24, 2.45) is 0 Å². The second kappa shape index (κ2) is 6.68. The van der Waals surface area contributed by atoms with Gasteiger partial charge >= 0.3 is 0 Å². The number of benzene rings is 2. The van der Waals surface area contributed by atoms with Gasteiger partial charge in [-0.1, -0.05) is 29.8 Å². The highest BCUT2D eigenvalue weighted by Crippen LogP contribution is 2.43. The van der Waals surface area contributed by atoms with Crippen LogP contribution in [0, 0.1) is 3.57 Å². The van der Waals surface area contributed by atoms with E-state index in [-0.39, 0.29) is 5.37 Å². The van der Waals surface area contributed by atoms with Gasteiger partial charge < -0.3 is 0 Å². The van der Waals surface area contributed by atoms with Crippen molar-refractivity contribution in [1.29, 1.82) is 0 Å². The van der Waals surface area contributed by atoms with E-state index in [2.05, 4.69) is 22.6 Å². The molecule has 1 saturated heterocycles. The van der Waals surface area contributed by atoms with E-state index in [0.717, 1.165) is 14.9 Å². The van der Waals surface area contributed by atoms with E-state index >= 15 is 0 Å². The predicted molar refractivity (Wildman–Crippen MR) is 99.7 cm³/mol. The average molecular weight is 466 g/mol. The van der Waals surface area contributed by atoms with Crippen LogP contribution < -0.4 is 0 Å². The smallest absolute Gasteiger partial charge is 0.207 e. The summed E-state index contributed by atoms with van der Waals surface area (Å²) in [5.41, 5.74) is 0.848. The largest absolute Gasteiger partial charge is 0.244 e. The van der Waals surface area contributed by atoms with Crippen LogP contribution in [0.5, 0.6) is 0 Å². The fourth-order valence-corrected chi connectivity index (χ4v) is 6.29. The molecular weight excluding hydrogens is 453 g/mol. The Morgan fingerprint density at radius 2 is 1.82 bits per heavy atom. The van der Waals surface area contributed by atoms with Gasteiger partial charge in [-0.2, -0.15) is 4.31 Å². The van der Waals surface area contributed by atoms with Crippen LogP contribution in [0.2, 0.25) is 5.02 Å². The molecule has 0 aliphatic carbocycles. The van der Waals surface area contributed by atoms with Crippen molar-refractivity contribution in [2.45, 2.75) is 10.3 Å². The fourth-order valence-electron chi connectivity index (χ4n) is 2.36. The molecule has 1 atom stereocenters. The Labute approximate surface area is 153 Å². The van der Waals surface area contributed by atoms with E-state index in [1.54, 1.807) is 46.4 Å².